The fourth-order valence-corrected chi connectivity index (χ4v) is 0.382. The van der Waals surface area contributed by atoms with E-state index in [0.717, 1.165) is 0 Å². The van der Waals surface area contributed by atoms with Gasteiger partial charge in [-0.25, -0.2) is 14.6 Å². The maximum atomic E-state index is 10.4. The van der Waals surface area contributed by atoms with Gasteiger partial charge in [-0.05, 0) is 20.8 Å². The summed E-state index contributed by atoms with van der Waals surface area (Å²) < 4.78 is 4.56. The Labute approximate surface area is 83.6 Å². The van der Waals surface area contributed by atoms with Gasteiger partial charge in [0.1, 0.15) is 0 Å². The Morgan fingerprint density at radius 3 is 2.14 bits per heavy atom. The van der Waals surface area contributed by atoms with E-state index < -0.39 is 6.03 Å². The SMILES string of the molecule is C=C(C)C(=O)OCC.CC=NC(N)=O. The number of nitrogens with zero attached hydrogens (tertiary/aromatic N) is 1. The topological polar surface area (TPSA) is 81.8 Å². The smallest absolute Gasteiger partial charge is 0.337 e. The molecule has 0 aliphatic rings. The number of aliphatic imine (C=N–C) groups is 1. The lowest BCUT2D eigenvalue weighted by Crippen LogP contribution is -2.03. The van der Waals surface area contributed by atoms with Crippen LogP contribution in [0, 0.1) is 0 Å². The van der Waals surface area contributed by atoms with Crippen molar-refractivity contribution >= 4 is 18.2 Å². The Morgan fingerprint density at radius 2 is 2.07 bits per heavy atom. The number of esters is 1. The van der Waals surface area contributed by atoms with Crippen molar-refractivity contribution < 1.29 is 14.3 Å². The Morgan fingerprint density at radius 1 is 1.57 bits per heavy atom. The lowest BCUT2D eigenvalue weighted by Gasteiger charge is -1.96. The van der Waals surface area contributed by atoms with Crippen LogP contribution in [0.3, 0.4) is 0 Å². The average molecular weight is 200 g/mol. The number of ether oxygens (including phenoxy) is 1. The van der Waals surface area contributed by atoms with Crippen LogP contribution in [-0.2, 0) is 9.53 Å². The summed E-state index contributed by atoms with van der Waals surface area (Å²) in [6.07, 6.45) is 1.35. The van der Waals surface area contributed by atoms with Gasteiger partial charge in [-0.15, -0.1) is 0 Å². The van der Waals surface area contributed by atoms with Crippen LogP contribution in [0.15, 0.2) is 17.1 Å². The molecule has 0 unspecified atom stereocenters. The van der Waals surface area contributed by atoms with Crippen LogP contribution in [0.5, 0.6) is 0 Å². The second-order valence-electron chi connectivity index (χ2n) is 2.23. The van der Waals surface area contributed by atoms with E-state index in [1.807, 2.05) is 0 Å². The zero-order valence-corrected chi connectivity index (χ0v) is 8.74. The van der Waals surface area contributed by atoms with Gasteiger partial charge in [0, 0.05) is 11.8 Å². The molecule has 5 nitrogen and oxygen atoms in total. The van der Waals surface area contributed by atoms with Crippen LogP contribution in [-0.4, -0.2) is 24.8 Å². The van der Waals surface area contributed by atoms with E-state index in [9.17, 15) is 9.59 Å². The molecule has 0 fully saturated rings. The monoisotopic (exact) mass is 200 g/mol. The fourth-order valence-electron chi connectivity index (χ4n) is 0.382. The second kappa shape index (κ2) is 9.44. The first kappa shape index (κ1) is 14.9. The third-order valence-electron chi connectivity index (χ3n) is 0.880. The minimum absolute atomic E-state index is 0.312. The van der Waals surface area contributed by atoms with Gasteiger partial charge in [0.15, 0.2) is 0 Å². The molecule has 0 aliphatic carbocycles. The summed E-state index contributed by atoms with van der Waals surface area (Å²) in [4.78, 5) is 23.2. The van der Waals surface area contributed by atoms with Gasteiger partial charge in [0.05, 0.1) is 6.61 Å². The maximum absolute atomic E-state index is 10.4. The van der Waals surface area contributed by atoms with Crippen molar-refractivity contribution in [3.63, 3.8) is 0 Å². The lowest BCUT2D eigenvalue weighted by atomic mass is 10.4. The van der Waals surface area contributed by atoms with E-state index in [4.69, 9.17) is 0 Å². The molecule has 14 heavy (non-hydrogen) atoms. The Kier molecular flexibility index (Phi) is 10.0. The third kappa shape index (κ3) is 13.0. The van der Waals surface area contributed by atoms with E-state index in [1.54, 1.807) is 20.8 Å². The van der Waals surface area contributed by atoms with Gasteiger partial charge in [0.25, 0.3) is 0 Å². The number of primary amides is 1. The summed E-state index contributed by atoms with van der Waals surface area (Å²) in [5.74, 6) is -0.312. The number of amides is 2. The van der Waals surface area contributed by atoms with Crippen LogP contribution in [0.1, 0.15) is 20.8 Å². The van der Waals surface area contributed by atoms with Gasteiger partial charge in [-0.2, -0.15) is 0 Å². The van der Waals surface area contributed by atoms with Crippen molar-refractivity contribution in [2.24, 2.45) is 10.7 Å². The third-order valence-corrected chi connectivity index (χ3v) is 0.880. The van der Waals surface area contributed by atoms with Crippen LogP contribution in [0.25, 0.3) is 0 Å². The average Bonchev–Trinajstić information content (AvgIpc) is 2.05. The fraction of sp³-hybridized carbons (Fsp3) is 0.444. The molecule has 2 amide bonds. The molecule has 0 rings (SSSR count). The zero-order valence-electron chi connectivity index (χ0n) is 8.74. The minimum Gasteiger partial charge on any atom is -0.463 e. The second-order valence-corrected chi connectivity index (χ2v) is 2.23. The summed E-state index contributed by atoms with van der Waals surface area (Å²) in [7, 11) is 0. The quantitative estimate of drug-likeness (QED) is 0.414. The number of hydrogen-bond donors (Lipinski definition) is 1. The Hall–Kier alpha value is -1.65. The highest BCUT2D eigenvalue weighted by Crippen LogP contribution is 1.89. The highest BCUT2D eigenvalue weighted by Gasteiger charge is 1.98. The van der Waals surface area contributed by atoms with Gasteiger partial charge in [0.2, 0.25) is 0 Å². The normalized spacial score (nSPS) is 8.79. The van der Waals surface area contributed by atoms with E-state index >= 15 is 0 Å². The predicted molar refractivity (Wildman–Crippen MR) is 55.2 cm³/mol. The molecule has 0 saturated heterocycles. The lowest BCUT2D eigenvalue weighted by molar-refractivity contribution is -0.138. The standard InChI is InChI=1S/C6H10O2.C3H6N2O/c1-4-8-6(7)5(2)3;1-2-5-3(4)6/h2,4H2,1,3H3;2H,1H3,(H2,4,6). The minimum atomic E-state index is -0.641. The first-order valence-corrected chi connectivity index (χ1v) is 4.06. The van der Waals surface area contributed by atoms with Crippen LogP contribution >= 0.6 is 0 Å². The number of hydrogen-bond acceptors (Lipinski definition) is 3. The summed E-state index contributed by atoms with van der Waals surface area (Å²) in [5.41, 5.74) is 5.02. The Balaban J connectivity index is 0. The highest BCUT2D eigenvalue weighted by atomic mass is 16.5. The molecule has 0 saturated carbocycles. The van der Waals surface area contributed by atoms with Gasteiger partial charge in [-0.1, -0.05) is 6.58 Å². The van der Waals surface area contributed by atoms with Gasteiger partial charge >= 0.3 is 12.0 Å². The van der Waals surface area contributed by atoms with E-state index in [1.165, 1.54) is 6.21 Å². The molecule has 80 valence electrons. The molecule has 0 atom stereocenters. The van der Waals surface area contributed by atoms with Crippen molar-refractivity contribution in [3.8, 4) is 0 Å². The molecule has 0 aromatic carbocycles. The molecule has 0 aromatic rings. The van der Waals surface area contributed by atoms with Gasteiger partial charge in [-0.3, -0.25) is 0 Å². The summed E-state index contributed by atoms with van der Waals surface area (Å²) >= 11 is 0. The summed E-state index contributed by atoms with van der Waals surface area (Å²) in [5, 5.41) is 0. The van der Waals surface area contributed by atoms with Crippen molar-refractivity contribution in [2.75, 3.05) is 6.61 Å². The number of nitrogens with two attached hydrogens (primary N) is 1. The molecule has 5 heteroatoms. The van der Waals surface area contributed by atoms with E-state index in [2.05, 4.69) is 22.0 Å². The predicted octanol–water partition coefficient (Wildman–Crippen LogP) is 1.28. The summed E-state index contributed by atoms with van der Waals surface area (Å²) in [6, 6.07) is -0.641. The van der Waals surface area contributed by atoms with Crippen molar-refractivity contribution in [3.05, 3.63) is 12.2 Å². The van der Waals surface area contributed by atoms with E-state index in [-0.39, 0.29) is 5.97 Å². The zero-order chi connectivity index (χ0) is 11.6. The number of urea groups is 1. The van der Waals surface area contributed by atoms with Crippen LogP contribution in [0.2, 0.25) is 0 Å². The largest absolute Gasteiger partial charge is 0.463 e. The molecular formula is C9H16N2O3. The van der Waals surface area contributed by atoms with Crippen LogP contribution < -0.4 is 5.73 Å². The molecule has 0 bridgehead atoms. The molecule has 0 heterocycles. The number of rotatable bonds is 2. The number of carbonyl (C=O) groups is 2. The van der Waals surface area contributed by atoms with Crippen molar-refractivity contribution in [1.29, 1.82) is 0 Å². The molecule has 0 radical (unpaired) electrons. The van der Waals surface area contributed by atoms with E-state index in [0.29, 0.717) is 12.2 Å². The molecule has 0 aromatic heterocycles. The van der Waals surface area contributed by atoms with Gasteiger partial charge < -0.3 is 10.5 Å². The Bertz CT molecular complexity index is 234. The first-order chi connectivity index (χ1) is 6.45. The first-order valence-electron chi connectivity index (χ1n) is 4.06. The highest BCUT2D eigenvalue weighted by molar-refractivity contribution is 5.86. The van der Waals surface area contributed by atoms with Crippen molar-refractivity contribution in [1.82, 2.24) is 0 Å². The molecule has 0 spiro atoms. The van der Waals surface area contributed by atoms with Crippen molar-refractivity contribution in [2.45, 2.75) is 20.8 Å². The number of carbonyl (C=O) groups excluding carboxylic acids is 2. The molecule has 0 aliphatic heterocycles. The summed E-state index contributed by atoms with van der Waals surface area (Å²) in [6.45, 7) is 8.84. The molecule has 2 N–H and O–H groups in total. The maximum Gasteiger partial charge on any atom is 0.337 e. The molecular weight excluding hydrogens is 184 g/mol. The van der Waals surface area contributed by atoms with Crippen LogP contribution in [0.4, 0.5) is 4.79 Å².